The van der Waals surface area contributed by atoms with Gasteiger partial charge in [-0.1, -0.05) is 31.0 Å². The van der Waals surface area contributed by atoms with Crippen LogP contribution in [0.15, 0.2) is 29.3 Å². The number of piperidine rings is 1. The molecule has 0 aliphatic carbocycles. The van der Waals surface area contributed by atoms with Crippen LogP contribution in [0, 0.1) is 17.7 Å². The van der Waals surface area contributed by atoms with E-state index in [1.54, 1.807) is 4.57 Å². The maximum atomic E-state index is 15.0. The summed E-state index contributed by atoms with van der Waals surface area (Å²) in [5, 5.41) is 9.39. The van der Waals surface area contributed by atoms with E-state index >= 15 is 4.39 Å². The average Bonchev–Trinajstić information content (AvgIpc) is 3.26. The fourth-order valence-electron chi connectivity index (χ4n) is 6.79. The zero-order valence-corrected chi connectivity index (χ0v) is 23.4. The van der Waals surface area contributed by atoms with Crippen molar-refractivity contribution in [2.24, 2.45) is 11.8 Å². The zero-order valence-electron chi connectivity index (χ0n) is 22.7. The SMILES string of the molecule is C[C@@H]1CCC[C@H](n2cnc(-c3c(C(C)(F)F)ccc(Cl)c3F)cc2=O)C2CC(CCN2)C2C(CNN2C)NC1. The number of halogens is 4. The summed E-state index contributed by atoms with van der Waals surface area (Å²) < 4.78 is 45.3. The van der Waals surface area contributed by atoms with E-state index in [9.17, 15) is 13.6 Å². The molecular weight excluding hydrogens is 529 g/mol. The molecule has 6 atom stereocenters. The molecule has 0 amide bonds. The molecule has 4 unspecified atom stereocenters. The molecule has 39 heavy (non-hydrogen) atoms. The predicted molar refractivity (Wildman–Crippen MR) is 146 cm³/mol. The van der Waals surface area contributed by atoms with Gasteiger partial charge in [-0.2, -0.15) is 0 Å². The molecular formula is C28H38ClF3N6O. The number of aromatic nitrogens is 2. The summed E-state index contributed by atoms with van der Waals surface area (Å²) in [5.41, 5.74) is 1.98. The first-order chi connectivity index (χ1) is 18.5. The molecule has 3 fully saturated rings. The Morgan fingerprint density at radius 1 is 1.13 bits per heavy atom. The van der Waals surface area contributed by atoms with Gasteiger partial charge >= 0.3 is 0 Å². The highest BCUT2D eigenvalue weighted by molar-refractivity contribution is 6.31. The number of nitrogens with zero attached hydrogens (tertiary/aromatic N) is 3. The summed E-state index contributed by atoms with van der Waals surface area (Å²) in [7, 11) is 2.10. The van der Waals surface area contributed by atoms with Crippen LogP contribution in [0.2, 0.25) is 5.02 Å². The Kier molecular flexibility index (Phi) is 8.41. The average molecular weight is 567 g/mol. The van der Waals surface area contributed by atoms with Gasteiger partial charge < -0.3 is 10.6 Å². The smallest absolute Gasteiger partial charge is 0.271 e. The Bertz CT molecular complexity index is 1240. The van der Waals surface area contributed by atoms with Crippen molar-refractivity contribution in [3.05, 3.63) is 51.3 Å². The molecule has 4 heterocycles. The van der Waals surface area contributed by atoms with Gasteiger partial charge in [0.15, 0.2) is 5.82 Å². The molecule has 3 N–H and O–H groups in total. The monoisotopic (exact) mass is 566 g/mol. The zero-order chi connectivity index (χ0) is 27.9. The third-order valence-electron chi connectivity index (χ3n) is 8.79. The molecule has 1 aromatic carbocycles. The van der Waals surface area contributed by atoms with Gasteiger partial charge in [-0.15, -0.1) is 0 Å². The fourth-order valence-corrected chi connectivity index (χ4v) is 6.95. The molecule has 2 bridgehead atoms. The second-order valence-corrected chi connectivity index (χ2v) is 12.0. The van der Waals surface area contributed by atoms with Gasteiger partial charge in [-0.3, -0.25) is 14.8 Å². The lowest BCUT2D eigenvalue weighted by Crippen LogP contribution is -2.54. The molecule has 3 aliphatic heterocycles. The van der Waals surface area contributed by atoms with Crippen LogP contribution in [0.4, 0.5) is 13.2 Å². The van der Waals surface area contributed by atoms with Gasteiger partial charge in [0.1, 0.15) is 0 Å². The lowest BCUT2D eigenvalue weighted by atomic mass is 9.80. The van der Waals surface area contributed by atoms with E-state index in [1.165, 1.54) is 6.33 Å². The molecule has 3 saturated heterocycles. The molecule has 5 rings (SSSR count). The molecule has 0 saturated carbocycles. The van der Waals surface area contributed by atoms with E-state index in [1.807, 2.05) is 0 Å². The Balaban J connectivity index is 1.50. The fraction of sp³-hybridized carbons (Fsp3) is 0.643. The maximum Gasteiger partial charge on any atom is 0.271 e. The van der Waals surface area contributed by atoms with E-state index in [0.29, 0.717) is 30.8 Å². The molecule has 1 aromatic heterocycles. The number of alkyl halides is 2. The third-order valence-corrected chi connectivity index (χ3v) is 9.08. The molecule has 11 heteroatoms. The molecule has 0 spiro atoms. The minimum atomic E-state index is -3.34. The molecule has 3 aliphatic rings. The number of hydrazine groups is 1. The molecule has 2 aromatic rings. The minimum absolute atomic E-state index is 0.0527. The summed E-state index contributed by atoms with van der Waals surface area (Å²) in [5.74, 6) is -3.42. The van der Waals surface area contributed by atoms with Crippen LogP contribution in [0.1, 0.15) is 57.6 Å². The number of benzene rings is 1. The topological polar surface area (TPSA) is 74.2 Å². The van der Waals surface area contributed by atoms with E-state index < -0.39 is 28.4 Å². The quantitative estimate of drug-likeness (QED) is 0.514. The van der Waals surface area contributed by atoms with Crippen LogP contribution < -0.4 is 21.6 Å². The summed E-state index contributed by atoms with van der Waals surface area (Å²) >= 11 is 5.93. The summed E-state index contributed by atoms with van der Waals surface area (Å²) in [6.07, 6.45) is 6.07. The first-order valence-electron chi connectivity index (χ1n) is 13.9. The van der Waals surface area contributed by atoms with Crippen LogP contribution >= 0.6 is 11.6 Å². The largest absolute Gasteiger partial charge is 0.312 e. The van der Waals surface area contributed by atoms with Gasteiger partial charge in [-0.25, -0.2) is 23.2 Å². The first kappa shape index (κ1) is 28.5. The number of hydrogen-bond donors (Lipinski definition) is 3. The third kappa shape index (κ3) is 5.91. The standard InChI is InChI=1S/C28H38ClF3N6O/c1-16-5-4-6-23(20-11-17(9-10-33-20)27-22(34-13-16)14-36-37(27)3)38-15-35-21(12-24(38)39)25-18(28(2,31)32)7-8-19(29)26(25)30/h7-8,12,15-17,20,22-23,27,33-34,36H,4-6,9-11,13-14H2,1-3H3/t16-,17?,20?,22?,23+,27?/m1/s1. The number of nitrogens with one attached hydrogen (secondary N) is 3. The second-order valence-electron chi connectivity index (χ2n) is 11.6. The van der Waals surface area contributed by atoms with Crippen molar-refractivity contribution >= 4 is 11.6 Å². The molecule has 7 nitrogen and oxygen atoms in total. The Morgan fingerprint density at radius 3 is 2.67 bits per heavy atom. The van der Waals surface area contributed by atoms with Crippen molar-refractivity contribution < 1.29 is 13.2 Å². The first-order valence-corrected chi connectivity index (χ1v) is 14.3. The van der Waals surface area contributed by atoms with E-state index in [-0.39, 0.29) is 22.8 Å². The summed E-state index contributed by atoms with van der Waals surface area (Å²) in [4.78, 5) is 17.9. The van der Waals surface area contributed by atoms with Gasteiger partial charge in [0.25, 0.3) is 11.5 Å². The lowest BCUT2D eigenvalue weighted by Gasteiger charge is -2.42. The van der Waals surface area contributed by atoms with Crippen molar-refractivity contribution in [3.63, 3.8) is 0 Å². The van der Waals surface area contributed by atoms with Crippen LogP contribution in [0.3, 0.4) is 0 Å². The van der Waals surface area contributed by atoms with Crippen LogP contribution in [0.5, 0.6) is 0 Å². The van der Waals surface area contributed by atoms with Crippen molar-refractivity contribution in [1.29, 1.82) is 0 Å². The van der Waals surface area contributed by atoms with E-state index in [0.717, 1.165) is 69.9 Å². The van der Waals surface area contributed by atoms with E-state index in [4.69, 9.17) is 11.6 Å². The van der Waals surface area contributed by atoms with E-state index in [2.05, 4.69) is 40.0 Å². The Morgan fingerprint density at radius 2 is 1.92 bits per heavy atom. The summed E-state index contributed by atoms with van der Waals surface area (Å²) in [6.45, 7) is 5.63. The lowest BCUT2D eigenvalue weighted by molar-refractivity contribution is 0.0178. The number of rotatable bonds is 3. The number of hydrogen-bond acceptors (Lipinski definition) is 6. The highest BCUT2D eigenvalue weighted by Gasteiger charge is 2.41. The Hall–Kier alpha value is -1.98. The van der Waals surface area contributed by atoms with Gasteiger partial charge in [0.05, 0.1) is 23.1 Å². The minimum Gasteiger partial charge on any atom is -0.312 e. The van der Waals surface area contributed by atoms with Crippen LogP contribution in [-0.2, 0) is 5.92 Å². The van der Waals surface area contributed by atoms with Crippen molar-refractivity contribution in [2.45, 2.75) is 76.0 Å². The second kappa shape index (κ2) is 11.5. The van der Waals surface area contributed by atoms with Crippen molar-refractivity contribution in [2.75, 3.05) is 26.7 Å². The van der Waals surface area contributed by atoms with Crippen molar-refractivity contribution in [1.82, 2.24) is 30.6 Å². The molecule has 214 valence electrons. The van der Waals surface area contributed by atoms with Gasteiger partial charge in [0.2, 0.25) is 0 Å². The van der Waals surface area contributed by atoms with Crippen molar-refractivity contribution in [3.8, 4) is 11.3 Å². The highest BCUT2D eigenvalue weighted by Crippen LogP contribution is 2.39. The van der Waals surface area contributed by atoms with Gasteiger partial charge in [0, 0.05) is 55.8 Å². The van der Waals surface area contributed by atoms with Crippen LogP contribution in [0.25, 0.3) is 11.3 Å². The Labute approximate surface area is 232 Å². The molecule has 0 radical (unpaired) electrons. The summed E-state index contributed by atoms with van der Waals surface area (Å²) in [6, 6.07) is 3.96. The maximum absolute atomic E-state index is 15.0. The highest BCUT2D eigenvalue weighted by atomic mass is 35.5. The normalized spacial score (nSPS) is 30.8. The number of fused-ring (bicyclic) bond motifs is 4. The number of likely N-dealkylation sites (N-methyl/N-ethyl adjacent to an activating group) is 1. The predicted octanol–water partition coefficient (Wildman–Crippen LogP) is 4.32. The van der Waals surface area contributed by atoms with Crippen LogP contribution in [-0.4, -0.2) is 59.4 Å². The van der Waals surface area contributed by atoms with Gasteiger partial charge in [-0.05, 0) is 56.7 Å².